The number of aromatic nitrogens is 4. The molecule has 2 aromatic carbocycles. The van der Waals surface area contributed by atoms with Crippen molar-refractivity contribution in [2.75, 3.05) is 10.6 Å². The van der Waals surface area contributed by atoms with Crippen molar-refractivity contribution < 1.29 is 9.90 Å². The molecular formula is C26H19BrN6O2S. The molecule has 3 aromatic heterocycles. The van der Waals surface area contributed by atoms with Crippen LogP contribution in [0.25, 0.3) is 11.0 Å². The van der Waals surface area contributed by atoms with Crippen molar-refractivity contribution in [1.29, 1.82) is 0 Å². The highest BCUT2D eigenvalue weighted by atomic mass is 79.9. The predicted molar refractivity (Wildman–Crippen MR) is 144 cm³/mol. The molecule has 3 N–H and O–H groups in total. The Morgan fingerprint density at radius 1 is 0.972 bits per heavy atom. The number of benzene rings is 2. The van der Waals surface area contributed by atoms with Gasteiger partial charge in [-0.15, -0.1) is 0 Å². The van der Waals surface area contributed by atoms with E-state index >= 15 is 0 Å². The van der Waals surface area contributed by atoms with Crippen LogP contribution in [0.1, 0.15) is 16.1 Å². The summed E-state index contributed by atoms with van der Waals surface area (Å²) in [5, 5.41) is 16.6. The minimum absolute atomic E-state index is 0.196. The second-order valence-corrected chi connectivity index (χ2v) is 9.82. The van der Waals surface area contributed by atoms with E-state index in [1.165, 1.54) is 18.1 Å². The average molecular weight is 559 g/mol. The highest BCUT2D eigenvalue weighted by Crippen LogP contribution is 2.37. The molecule has 5 rings (SSSR count). The molecule has 178 valence electrons. The van der Waals surface area contributed by atoms with Gasteiger partial charge in [0.1, 0.15) is 23.7 Å². The number of nitrogens with zero attached hydrogens (tertiary/aromatic N) is 4. The van der Waals surface area contributed by atoms with Gasteiger partial charge in [-0.1, -0.05) is 11.8 Å². The first-order valence-electron chi connectivity index (χ1n) is 10.8. The molecule has 0 radical (unpaired) electrons. The first-order valence-corrected chi connectivity index (χ1v) is 12.4. The molecule has 3 heterocycles. The summed E-state index contributed by atoms with van der Waals surface area (Å²) in [6.45, 7) is 1.91. The third-order valence-corrected chi connectivity index (χ3v) is 6.72. The molecule has 0 saturated heterocycles. The van der Waals surface area contributed by atoms with Crippen molar-refractivity contribution in [2.24, 2.45) is 0 Å². The van der Waals surface area contributed by atoms with E-state index in [9.17, 15) is 9.90 Å². The Labute approximate surface area is 219 Å². The monoisotopic (exact) mass is 558 g/mol. The van der Waals surface area contributed by atoms with E-state index in [-0.39, 0.29) is 11.7 Å². The molecular weight excluding hydrogens is 540 g/mol. The van der Waals surface area contributed by atoms with Crippen LogP contribution in [-0.2, 0) is 0 Å². The molecule has 0 aliphatic carbocycles. The number of phenols is 1. The smallest absolute Gasteiger partial charge is 0.256 e. The normalized spacial score (nSPS) is 10.8. The van der Waals surface area contributed by atoms with Crippen molar-refractivity contribution in [3.8, 4) is 5.75 Å². The summed E-state index contributed by atoms with van der Waals surface area (Å²) in [7, 11) is 0. The first-order chi connectivity index (χ1) is 17.4. The van der Waals surface area contributed by atoms with E-state index in [0.29, 0.717) is 28.5 Å². The summed E-state index contributed by atoms with van der Waals surface area (Å²) >= 11 is 4.84. The van der Waals surface area contributed by atoms with Crippen molar-refractivity contribution >= 4 is 62.0 Å². The molecule has 1 amide bonds. The van der Waals surface area contributed by atoms with Crippen LogP contribution in [0.2, 0.25) is 0 Å². The molecule has 0 aliphatic heterocycles. The fraction of sp³-hybridized carbons (Fsp3) is 0.0385. The second-order valence-electron chi connectivity index (χ2n) is 7.79. The van der Waals surface area contributed by atoms with Gasteiger partial charge < -0.3 is 15.7 Å². The largest absolute Gasteiger partial charge is 0.508 e. The van der Waals surface area contributed by atoms with Crippen LogP contribution in [0.15, 0.2) is 93.5 Å². The van der Waals surface area contributed by atoms with Crippen LogP contribution in [0, 0.1) is 6.92 Å². The van der Waals surface area contributed by atoms with Crippen LogP contribution in [0.4, 0.5) is 17.3 Å². The Morgan fingerprint density at radius 3 is 2.58 bits per heavy atom. The zero-order valence-electron chi connectivity index (χ0n) is 18.9. The summed E-state index contributed by atoms with van der Waals surface area (Å²) in [4.78, 5) is 32.2. The van der Waals surface area contributed by atoms with Gasteiger partial charge in [0.25, 0.3) is 5.91 Å². The maximum absolute atomic E-state index is 13.0. The fourth-order valence-electron chi connectivity index (χ4n) is 3.40. The number of aromatic hydroxyl groups is 1. The Bertz CT molecular complexity index is 1560. The van der Waals surface area contributed by atoms with Gasteiger partial charge in [-0.05, 0) is 89.6 Å². The highest BCUT2D eigenvalue weighted by Gasteiger charge is 2.14. The summed E-state index contributed by atoms with van der Waals surface area (Å²) < 4.78 is 0.823. The summed E-state index contributed by atoms with van der Waals surface area (Å²) in [5.74, 6) is 0.927. The molecule has 0 aliphatic rings. The summed E-state index contributed by atoms with van der Waals surface area (Å²) in [6, 6.07) is 19.7. The maximum Gasteiger partial charge on any atom is 0.256 e. The quantitative estimate of drug-likeness (QED) is 0.221. The van der Waals surface area contributed by atoms with E-state index in [1.54, 1.807) is 36.5 Å². The van der Waals surface area contributed by atoms with Crippen LogP contribution in [0.3, 0.4) is 0 Å². The van der Waals surface area contributed by atoms with Crippen molar-refractivity contribution in [2.45, 2.75) is 16.7 Å². The van der Waals surface area contributed by atoms with Crippen molar-refractivity contribution in [3.05, 3.63) is 95.0 Å². The Kier molecular flexibility index (Phi) is 6.79. The SMILES string of the molecule is Cc1ccc2c(Nc3cc(C(=O)Nc4ccc(Br)cn4)ccc3Sc3ccc(O)cc3)ncnc2n1. The number of aryl methyl sites for hydroxylation is 1. The van der Waals surface area contributed by atoms with Crippen molar-refractivity contribution in [1.82, 2.24) is 19.9 Å². The van der Waals surface area contributed by atoms with Gasteiger partial charge in [0, 0.05) is 31.7 Å². The minimum Gasteiger partial charge on any atom is -0.508 e. The van der Waals surface area contributed by atoms with Gasteiger partial charge in [-0.3, -0.25) is 4.79 Å². The van der Waals surface area contributed by atoms with Gasteiger partial charge in [0.05, 0.1) is 11.1 Å². The van der Waals surface area contributed by atoms with E-state index in [0.717, 1.165) is 25.3 Å². The van der Waals surface area contributed by atoms with E-state index in [1.807, 2.05) is 43.3 Å². The number of anilines is 3. The van der Waals surface area contributed by atoms with Gasteiger partial charge in [-0.25, -0.2) is 19.9 Å². The van der Waals surface area contributed by atoms with Crippen molar-refractivity contribution in [3.63, 3.8) is 0 Å². The predicted octanol–water partition coefficient (Wildman–Crippen LogP) is 6.34. The number of hydrogen-bond donors (Lipinski definition) is 3. The lowest BCUT2D eigenvalue weighted by Crippen LogP contribution is -2.13. The molecule has 0 saturated carbocycles. The number of fused-ring (bicyclic) bond motifs is 1. The molecule has 0 atom stereocenters. The number of phenolic OH excluding ortho intramolecular Hbond substituents is 1. The van der Waals surface area contributed by atoms with Crippen LogP contribution in [0.5, 0.6) is 5.75 Å². The lowest BCUT2D eigenvalue weighted by Gasteiger charge is -2.14. The standard InChI is InChI=1S/C26H19BrN6O2S/c1-15-2-9-20-24(31-15)29-14-30-25(20)32-21-12-16(26(35)33-23-11-4-17(27)13-28-23)3-10-22(21)36-19-7-5-18(34)6-8-19/h2-14,34H,1H3,(H,28,33,35)(H,29,30,31,32). The van der Waals surface area contributed by atoms with Gasteiger partial charge >= 0.3 is 0 Å². The fourth-order valence-corrected chi connectivity index (χ4v) is 4.52. The summed E-state index contributed by atoms with van der Waals surface area (Å²) in [5.41, 5.74) is 2.57. The minimum atomic E-state index is -0.293. The van der Waals surface area contributed by atoms with Gasteiger partial charge in [-0.2, -0.15) is 0 Å². The number of halogens is 1. The Morgan fingerprint density at radius 2 is 1.81 bits per heavy atom. The van der Waals surface area contributed by atoms with Gasteiger partial charge in [0.15, 0.2) is 5.65 Å². The number of hydrogen-bond acceptors (Lipinski definition) is 8. The van der Waals surface area contributed by atoms with Gasteiger partial charge in [0.2, 0.25) is 0 Å². The third-order valence-electron chi connectivity index (χ3n) is 5.16. The number of amides is 1. The third kappa shape index (κ3) is 5.45. The molecule has 0 fully saturated rings. The zero-order valence-corrected chi connectivity index (χ0v) is 21.3. The van der Waals surface area contributed by atoms with E-state index < -0.39 is 0 Å². The van der Waals surface area contributed by atoms with Crippen LogP contribution < -0.4 is 10.6 Å². The number of nitrogens with one attached hydrogen (secondary N) is 2. The summed E-state index contributed by atoms with van der Waals surface area (Å²) in [6.07, 6.45) is 3.08. The van der Waals surface area contributed by atoms with Crippen LogP contribution >= 0.6 is 27.7 Å². The Balaban J connectivity index is 1.51. The molecule has 5 aromatic rings. The molecule has 8 nitrogen and oxygen atoms in total. The highest BCUT2D eigenvalue weighted by molar-refractivity contribution is 9.10. The molecule has 0 spiro atoms. The molecule has 0 unspecified atom stereocenters. The maximum atomic E-state index is 13.0. The van der Waals surface area contributed by atoms with E-state index in [2.05, 4.69) is 46.5 Å². The topological polar surface area (TPSA) is 113 Å². The number of pyridine rings is 2. The first kappa shape index (κ1) is 23.7. The molecule has 0 bridgehead atoms. The lowest BCUT2D eigenvalue weighted by molar-refractivity contribution is 0.102. The Hall–Kier alpha value is -4.02. The zero-order chi connectivity index (χ0) is 25.1. The lowest BCUT2D eigenvalue weighted by atomic mass is 10.1. The number of carbonyl (C=O) groups excluding carboxylic acids is 1. The average Bonchev–Trinajstić information content (AvgIpc) is 2.87. The number of rotatable bonds is 6. The second kappa shape index (κ2) is 10.3. The molecule has 10 heteroatoms. The molecule has 36 heavy (non-hydrogen) atoms. The van der Waals surface area contributed by atoms with E-state index in [4.69, 9.17) is 0 Å². The number of carbonyl (C=O) groups is 1. The van der Waals surface area contributed by atoms with Crippen LogP contribution in [-0.4, -0.2) is 30.9 Å².